The Morgan fingerprint density at radius 2 is 0.640 bits per heavy atom. The second-order valence-electron chi connectivity index (χ2n) is 35.8. The first kappa shape index (κ1) is 109. The van der Waals surface area contributed by atoms with Crippen LogP contribution in [0.2, 0.25) is 10.0 Å². The van der Waals surface area contributed by atoms with Crippen molar-refractivity contribution in [2.75, 3.05) is 50.0 Å². The molecule has 9 N–H and O–H groups in total. The van der Waals surface area contributed by atoms with Gasteiger partial charge in [-0.1, -0.05) is 85.2 Å². The number of nitrogens with zero attached hydrogens (tertiary/aromatic N) is 5. The molecule has 5 saturated carbocycles. The molecule has 5 aliphatic carbocycles. The second-order valence-corrected chi connectivity index (χ2v) is 48.1. The van der Waals surface area contributed by atoms with Gasteiger partial charge in [-0.2, -0.15) is 0 Å². The third kappa shape index (κ3) is 26.6. The van der Waals surface area contributed by atoms with Crippen molar-refractivity contribution in [1.82, 2.24) is 22.8 Å². The third-order valence-corrected chi connectivity index (χ3v) is 37.4. The summed E-state index contributed by atoms with van der Waals surface area (Å²) in [6.07, 6.45) is 15.9. The lowest BCUT2D eigenvalue weighted by molar-refractivity contribution is 0.282. The van der Waals surface area contributed by atoms with E-state index in [1.807, 2.05) is 72.8 Å². The molecular formula is C96H118Cl2F3IN10O19S5. The minimum atomic E-state index is -3.75. The van der Waals surface area contributed by atoms with Gasteiger partial charge in [-0.15, -0.1) is 0 Å². The van der Waals surface area contributed by atoms with E-state index in [0.29, 0.717) is 180 Å². The molecule has 5 aromatic heterocycles. The normalized spacial score (nSPS) is 15.2. The number of aliphatic hydroxyl groups excluding tert-OH is 4. The number of anilines is 5. The fourth-order valence-electron chi connectivity index (χ4n) is 15.7. The van der Waals surface area contributed by atoms with Crippen LogP contribution in [0, 0.1) is 55.6 Å². The number of nitrogens with one attached hydrogen (secondary N) is 5. The highest BCUT2D eigenvalue weighted by molar-refractivity contribution is 14.1. The zero-order valence-corrected chi connectivity index (χ0v) is 84.3. The molecule has 5 aliphatic rings. The van der Waals surface area contributed by atoms with Gasteiger partial charge >= 0.3 is 0 Å². The monoisotopic (exact) mass is 2130 g/mol. The Hall–Kier alpha value is -9.46. The van der Waals surface area contributed by atoms with Crippen molar-refractivity contribution < 1.29 is 75.7 Å². The molecule has 0 atom stereocenters. The molecule has 0 aliphatic heterocycles. The smallest absolute Gasteiger partial charge is 0.253 e. The largest absolute Gasteiger partial charge is 0.396 e. The molecule has 40 heteroatoms. The van der Waals surface area contributed by atoms with Crippen molar-refractivity contribution in [1.29, 1.82) is 0 Å². The van der Waals surface area contributed by atoms with Crippen molar-refractivity contribution in [3.05, 3.63) is 313 Å². The predicted molar refractivity (Wildman–Crippen MR) is 537 cm³/mol. The minimum absolute atomic E-state index is 0. The quantitative estimate of drug-likeness (QED) is 0.0167. The molecule has 0 saturated heterocycles. The van der Waals surface area contributed by atoms with Crippen LogP contribution >= 0.6 is 45.8 Å². The summed E-state index contributed by atoms with van der Waals surface area (Å²) in [5.41, 5.74) is 9.67. The van der Waals surface area contributed by atoms with Crippen molar-refractivity contribution in [2.24, 2.45) is 35.2 Å². The van der Waals surface area contributed by atoms with E-state index < -0.39 is 80.7 Å². The van der Waals surface area contributed by atoms with Gasteiger partial charge < -0.3 is 43.3 Å². The Morgan fingerprint density at radius 1 is 0.360 bits per heavy atom. The van der Waals surface area contributed by atoms with Crippen molar-refractivity contribution in [2.45, 2.75) is 201 Å². The van der Waals surface area contributed by atoms with E-state index in [9.17, 15) is 89.4 Å². The van der Waals surface area contributed by atoms with E-state index in [0.717, 1.165) is 37.0 Å². The Labute approximate surface area is 815 Å². The minimum Gasteiger partial charge on any atom is -0.396 e. The summed E-state index contributed by atoms with van der Waals surface area (Å²) in [5.74, 6) is -1.16. The van der Waals surface area contributed by atoms with E-state index in [4.69, 9.17) is 33.4 Å². The summed E-state index contributed by atoms with van der Waals surface area (Å²) in [4.78, 5) is 60.7. The molecule has 5 heterocycles. The zero-order valence-electron chi connectivity index (χ0n) is 76.6. The van der Waals surface area contributed by atoms with E-state index in [-0.39, 0.29) is 116 Å². The van der Waals surface area contributed by atoms with Crippen LogP contribution in [-0.2, 0) is 117 Å². The number of hydrogen-bond donors (Lipinski definition) is 9. The summed E-state index contributed by atoms with van der Waals surface area (Å²) in [7, 11) is -10.5. The van der Waals surface area contributed by atoms with Crippen molar-refractivity contribution >= 4 is 124 Å². The molecule has 136 heavy (non-hydrogen) atoms. The Kier molecular flexibility index (Phi) is 35.4. The maximum absolute atomic E-state index is 14.3. The van der Waals surface area contributed by atoms with Crippen LogP contribution in [-0.4, -0.2) is 136 Å². The summed E-state index contributed by atoms with van der Waals surface area (Å²) in [5, 5.41) is 37.3. The van der Waals surface area contributed by atoms with E-state index in [1.165, 1.54) is 110 Å². The van der Waals surface area contributed by atoms with Crippen LogP contribution in [0.4, 0.5) is 41.6 Å². The first-order chi connectivity index (χ1) is 63.4. The molecule has 5 fully saturated rings. The standard InChI is InChI=1S/C20H25ClN2O4S.C20H25FN2O4S.C19H23ClN2O4S.C18H20FIN2O4S.C18H21FN2O3S.CH4/c2*1-14-4-5-15(17(21)10-14)11-16-12-19(25)23(2)13-18(16)22-28(26,27)20(7-8-20)6-3-9-24;1-13-3-4-14(16(20)9-13)10-15-11-18(24)22(2)12-17(15)21-27(25,26)19(5-6-19)7-8-23;1-22-11-16(21-27(25,26)18(4-5-18)6-7-23)13(9-17(22)24)8-12-2-3-14(20)10-15(12)19;1-11-4-5-13(16(19)8-11)9-15-12(2)18(22)21(3)10-17(15)20-25(23,24)14-6-7-14;/h2*4-5,10,12-13,22,24H,3,6-9,11H2,1-2H3;3-4,9,11-12,21,23H,5-8,10H2,1-2H3;2-3,9-11,21,23H,4-8H2,1H3;4-5,8,10,14,20H,6-7,9H2,1-3H3;1H4. The number of rotatable bonds is 35. The highest BCUT2D eigenvalue weighted by Crippen LogP contribution is 2.51. The van der Waals surface area contributed by atoms with Gasteiger partial charge in [0.2, 0.25) is 50.1 Å². The fraction of sp³-hybridized carbons (Fsp3) is 0.427. The predicted octanol–water partition coefficient (Wildman–Crippen LogP) is 13.7. The maximum Gasteiger partial charge on any atom is 0.253 e. The summed E-state index contributed by atoms with van der Waals surface area (Å²) in [6.45, 7) is 8.60. The topological polar surface area (TPSA) is 422 Å². The molecule has 0 bridgehead atoms. The molecule has 10 aromatic rings. The number of pyridine rings is 5. The van der Waals surface area contributed by atoms with Gasteiger partial charge in [0, 0.05) is 168 Å². The van der Waals surface area contributed by atoms with Crippen LogP contribution in [0.1, 0.15) is 194 Å². The van der Waals surface area contributed by atoms with Gasteiger partial charge in [0.05, 0.1) is 52.7 Å². The third-order valence-electron chi connectivity index (χ3n) is 25.2. The van der Waals surface area contributed by atoms with Gasteiger partial charge in [0.15, 0.2) is 0 Å². The van der Waals surface area contributed by atoms with Crippen molar-refractivity contribution in [3.8, 4) is 0 Å². The molecular weight excluding hydrogens is 2010 g/mol. The Morgan fingerprint density at radius 3 is 0.926 bits per heavy atom. The highest BCUT2D eigenvalue weighted by Gasteiger charge is 2.57. The van der Waals surface area contributed by atoms with E-state index >= 15 is 0 Å². The van der Waals surface area contributed by atoms with Crippen LogP contribution in [0.15, 0.2) is 170 Å². The molecule has 15 rings (SSSR count). The molecule has 5 aromatic carbocycles. The number of sulfonamides is 5. The Bertz CT molecular complexity index is 6750. The first-order valence-electron chi connectivity index (χ1n) is 43.8. The van der Waals surface area contributed by atoms with E-state index in [1.54, 1.807) is 78.3 Å². The molecule has 0 radical (unpaired) electrons. The lowest BCUT2D eigenvalue weighted by Crippen LogP contribution is -2.32. The molecule has 0 spiro atoms. The average molecular weight is 2130 g/mol. The highest BCUT2D eigenvalue weighted by atomic mass is 127. The molecule has 29 nitrogen and oxygen atoms in total. The first-order valence-corrected chi connectivity index (χ1v) is 53.2. The fourth-order valence-corrected chi connectivity index (χ4v) is 25.1. The van der Waals surface area contributed by atoms with Crippen LogP contribution in [0.25, 0.3) is 0 Å². The number of aryl methyl sites for hydroxylation is 9. The zero-order chi connectivity index (χ0) is 99.0. The summed E-state index contributed by atoms with van der Waals surface area (Å²) < 4.78 is 187. The lowest BCUT2D eigenvalue weighted by Gasteiger charge is -2.20. The van der Waals surface area contributed by atoms with Gasteiger partial charge in [0.25, 0.3) is 27.8 Å². The number of benzene rings is 5. The van der Waals surface area contributed by atoms with Crippen LogP contribution in [0.3, 0.4) is 0 Å². The van der Waals surface area contributed by atoms with E-state index in [2.05, 4.69) is 23.6 Å². The molecule has 0 amide bonds. The van der Waals surface area contributed by atoms with Crippen LogP contribution < -0.4 is 51.4 Å². The average Bonchev–Trinajstić information content (AvgIpc) is 1.60. The number of aliphatic hydroxyl groups is 4. The SMILES string of the molecule is C.Cc1ccc(Cc2c(NS(=O)(=O)C3CC3)cn(C)c(=O)c2C)c(F)c1.Cc1ccc(Cc2cc(=O)n(C)cc2NS(=O)(=O)C2(CCCO)CC2)c(Cl)c1.Cc1ccc(Cc2cc(=O)n(C)cc2NS(=O)(=O)C2(CCCO)CC2)c(F)c1.Cc1ccc(Cc2cc(=O)n(C)cc2NS(=O)(=O)C2(CCO)CC2)c(Cl)c1.Cn1cc(NS(=O)(=O)C2(CCO)CC2)c(Cc2ccc(I)cc2F)cc1=O. The maximum atomic E-state index is 14.3. The number of halogens is 6. The number of hydrogen-bond acceptors (Lipinski definition) is 19. The lowest BCUT2D eigenvalue weighted by atomic mass is 9.99. The van der Waals surface area contributed by atoms with Gasteiger partial charge in [0.1, 0.15) is 17.5 Å². The van der Waals surface area contributed by atoms with Gasteiger partial charge in [-0.3, -0.25) is 47.6 Å². The molecule has 738 valence electrons. The number of aromatic nitrogens is 5. The second kappa shape index (κ2) is 44.3. The molecule has 0 unspecified atom stereocenters. The summed E-state index contributed by atoms with van der Waals surface area (Å²) >= 11 is 14.6. The van der Waals surface area contributed by atoms with Crippen molar-refractivity contribution in [3.63, 3.8) is 0 Å². The van der Waals surface area contributed by atoms with Gasteiger partial charge in [-0.25, -0.2) is 55.3 Å². The van der Waals surface area contributed by atoms with Gasteiger partial charge in [-0.05, 0) is 274 Å². The summed E-state index contributed by atoms with van der Waals surface area (Å²) in [6, 6.07) is 31.3. The van der Waals surface area contributed by atoms with Crippen LogP contribution in [0.5, 0.6) is 0 Å². The Balaban J connectivity index is 0.000000175.